The number of nitrogens with zero attached hydrogens (tertiary/aromatic N) is 2. The van der Waals surface area contributed by atoms with Crippen molar-refractivity contribution in [3.05, 3.63) is 23.8 Å². The molecule has 1 saturated heterocycles. The number of piperazine rings is 1. The largest absolute Gasteiger partial charge is 0.493 e. The van der Waals surface area contributed by atoms with Crippen LogP contribution < -0.4 is 9.47 Å². The average molecular weight is 387 g/mol. The highest BCUT2D eigenvalue weighted by Gasteiger charge is 2.22. The van der Waals surface area contributed by atoms with E-state index in [9.17, 15) is 9.59 Å². The predicted molar refractivity (Wildman–Crippen MR) is 101 cm³/mol. The number of benzene rings is 1. The lowest BCUT2D eigenvalue weighted by molar-refractivity contribution is -0.137. The Kier molecular flexibility index (Phi) is 9.23. The molecule has 1 heterocycles. The zero-order valence-electron chi connectivity index (χ0n) is 15.3. The molecule has 0 saturated carbocycles. The van der Waals surface area contributed by atoms with Crippen molar-refractivity contribution in [3.63, 3.8) is 0 Å². The molecule has 0 bridgehead atoms. The van der Waals surface area contributed by atoms with Crippen molar-refractivity contribution >= 4 is 24.3 Å². The van der Waals surface area contributed by atoms with Crippen LogP contribution >= 0.6 is 12.4 Å². The standard InChI is InChI=1S/C18H26N2O5.ClH/c1-24-15-7-6-14(13-16(15)25-2)18(23)20-11-9-19(10-12-20)8-4-3-5-17(21)22;/h6-7,13H,3-5,8-12H2,1-2H3,(H,21,22);1H. The van der Waals surface area contributed by atoms with E-state index < -0.39 is 5.97 Å². The van der Waals surface area contributed by atoms with Crippen LogP contribution in [0.25, 0.3) is 0 Å². The minimum atomic E-state index is -0.745. The Morgan fingerprint density at radius 1 is 1.04 bits per heavy atom. The monoisotopic (exact) mass is 386 g/mol. The summed E-state index contributed by atoms with van der Waals surface area (Å²) in [7, 11) is 3.12. The Morgan fingerprint density at radius 3 is 2.27 bits per heavy atom. The van der Waals surface area contributed by atoms with E-state index in [1.165, 1.54) is 0 Å². The van der Waals surface area contributed by atoms with Crippen molar-refractivity contribution in [1.29, 1.82) is 0 Å². The number of ether oxygens (including phenoxy) is 2. The number of methoxy groups -OCH3 is 2. The second-order valence-electron chi connectivity index (χ2n) is 6.05. The fraction of sp³-hybridized carbons (Fsp3) is 0.556. The summed E-state index contributed by atoms with van der Waals surface area (Å²) in [4.78, 5) is 27.3. The normalized spacial score (nSPS) is 14.5. The minimum Gasteiger partial charge on any atom is -0.493 e. The molecular weight excluding hydrogens is 360 g/mol. The SMILES string of the molecule is COc1ccc(C(=O)N2CCN(CCCCC(=O)O)CC2)cc1OC.Cl. The molecule has 26 heavy (non-hydrogen) atoms. The van der Waals surface area contributed by atoms with Gasteiger partial charge in [0.1, 0.15) is 0 Å². The minimum absolute atomic E-state index is 0. The molecule has 0 atom stereocenters. The van der Waals surface area contributed by atoms with Crippen LogP contribution in [0, 0.1) is 0 Å². The van der Waals surface area contributed by atoms with Crippen LogP contribution in [0.5, 0.6) is 11.5 Å². The van der Waals surface area contributed by atoms with Crippen LogP contribution in [-0.2, 0) is 4.79 Å². The molecular formula is C18H27ClN2O5. The van der Waals surface area contributed by atoms with Crippen molar-refractivity contribution < 1.29 is 24.2 Å². The van der Waals surface area contributed by atoms with E-state index in [1.54, 1.807) is 32.4 Å². The van der Waals surface area contributed by atoms with Crippen LogP contribution in [-0.4, -0.2) is 73.7 Å². The Hall–Kier alpha value is -1.99. The number of carbonyl (C=O) groups is 2. The first-order chi connectivity index (χ1) is 12.0. The van der Waals surface area contributed by atoms with E-state index in [4.69, 9.17) is 14.6 Å². The van der Waals surface area contributed by atoms with Crippen LogP contribution in [0.15, 0.2) is 18.2 Å². The summed E-state index contributed by atoms with van der Waals surface area (Å²) < 4.78 is 10.5. The van der Waals surface area contributed by atoms with E-state index >= 15 is 0 Å². The molecule has 0 aliphatic carbocycles. The van der Waals surface area contributed by atoms with Gasteiger partial charge < -0.3 is 19.5 Å². The van der Waals surface area contributed by atoms with Gasteiger partial charge in [-0.2, -0.15) is 0 Å². The first-order valence-corrected chi connectivity index (χ1v) is 8.50. The molecule has 1 amide bonds. The summed E-state index contributed by atoms with van der Waals surface area (Å²) in [5.41, 5.74) is 0.590. The van der Waals surface area contributed by atoms with Gasteiger partial charge in [-0.25, -0.2) is 0 Å². The number of carboxylic acid groups (broad SMARTS) is 1. The summed E-state index contributed by atoms with van der Waals surface area (Å²) in [6, 6.07) is 5.20. The number of hydrogen-bond acceptors (Lipinski definition) is 5. The number of rotatable bonds is 8. The number of halogens is 1. The van der Waals surface area contributed by atoms with Crippen molar-refractivity contribution in [2.45, 2.75) is 19.3 Å². The molecule has 1 aromatic carbocycles. The number of carboxylic acids is 1. The van der Waals surface area contributed by atoms with Crippen molar-refractivity contribution in [1.82, 2.24) is 9.80 Å². The summed E-state index contributed by atoms with van der Waals surface area (Å²) in [5.74, 6) is 0.396. The lowest BCUT2D eigenvalue weighted by Crippen LogP contribution is -2.48. The smallest absolute Gasteiger partial charge is 0.303 e. The first-order valence-electron chi connectivity index (χ1n) is 8.50. The van der Waals surface area contributed by atoms with Crippen molar-refractivity contribution in [2.75, 3.05) is 46.9 Å². The third-order valence-electron chi connectivity index (χ3n) is 4.40. The van der Waals surface area contributed by atoms with Gasteiger partial charge in [-0.1, -0.05) is 0 Å². The van der Waals surface area contributed by atoms with Gasteiger partial charge in [0.15, 0.2) is 11.5 Å². The highest BCUT2D eigenvalue weighted by molar-refractivity contribution is 5.95. The summed E-state index contributed by atoms with van der Waals surface area (Å²) in [6.07, 6.45) is 1.79. The molecule has 1 aromatic rings. The molecule has 1 fully saturated rings. The third kappa shape index (κ3) is 6.07. The molecule has 0 unspecified atom stereocenters. The third-order valence-corrected chi connectivity index (χ3v) is 4.40. The van der Waals surface area contributed by atoms with Crippen LogP contribution in [0.1, 0.15) is 29.6 Å². The van der Waals surface area contributed by atoms with Crippen molar-refractivity contribution in [3.8, 4) is 11.5 Å². The van der Waals surface area contributed by atoms with Gasteiger partial charge >= 0.3 is 5.97 Å². The van der Waals surface area contributed by atoms with Gasteiger partial charge in [0.05, 0.1) is 14.2 Å². The topological polar surface area (TPSA) is 79.3 Å². The maximum Gasteiger partial charge on any atom is 0.303 e. The predicted octanol–water partition coefficient (Wildman–Crippen LogP) is 2.14. The number of unbranched alkanes of at least 4 members (excludes halogenated alkanes) is 1. The van der Waals surface area contributed by atoms with E-state index in [1.807, 2.05) is 4.90 Å². The maximum atomic E-state index is 12.7. The zero-order valence-corrected chi connectivity index (χ0v) is 16.1. The van der Waals surface area contributed by atoms with Crippen molar-refractivity contribution in [2.24, 2.45) is 0 Å². The molecule has 1 aliphatic rings. The Balaban J connectivity index is 0.00000338. The first kappa shape index (κ1) is 22.1. The molecule has 1 N–H and O–H groups in total. The Labute approximate surface area is 160 Å². The van der Waals surface area contributed by atoms with Gasteiger partial charge in [0.2, 0.25) is 0 Å². The molecule has 0 aromatic heterocycles. The number of aliphatic carboxylic acids is 1. The average Bonchev–Trinajstić information content (AvgIpc) is 2.64. The maximum absolute atomic E-state index is 12.7. The molecule has 1 aliphatic heterocycles. The second-order valence-corrected chi connectivity index (χ2v) is 6.05. The Bertz CT molecular complexity index is 603. The zero-order chi connectivity index (χ0) is 18.2. The lowest BCUT2D eigenvalue weighted by Gasteiger charge is -2.34. The molecule has 0 spiro atoms. The van der Waals surface area contributed by atoms with Crippen LogP contribution in [0.3, 0.4) is 0 Å². The van der Waals surface area contributed by atoms with E-state index in [-0.39, 0.29) is 24.7 Å². The fourth-order valence-corrected chi connectivity index (χ4v) is 2.94. The van der Waals surface area contributed by atoms with Crippen LogP contribution in [0.4, 0.5) is 0 Å². The number of hydrogen-bond donors (Lipinski definition) is 1. The van der Waals surface area contributed by atoms with Gasteiger partial charge in [-0.05, 0) is 37.6 Å². The summed E-state index contributed by atoms with van der Waals surface area (Å²) in [6.45, 7) is 3.85. The summed E-state index contributed by atoms with van der Waals surface area (Å²) >= 11 is 0. The molecule has 2 rings (SSSR count). The van der Waals surface area contributed by atoms with Gasteiger partial charge in [0, 0.05) is 38.2 Å². The quantitative estimate of drug-likeness (QED) is 0.689. The second kappa shape index (κ2) is 10.9. The van der Waals surface area contributed by atoms with E-state index in [0.717, 1.165) is 26.1 Å². The van der Waals surface area contributed by atoms with E-state index in [2.05, 4.69) is 4.90 Å². The Morgan fingerprint density at radius 2 is 1.69 bits per heavy atom. The van der Waals surface area contributed by atoms with Crippen LogP contribution in [0.2, 0.25) is 0 Å². The highest BCUT2D eigenvalue weighted by Crippen LogP contribution is 2.28. The molecule has 0 radical (unpaired) electrons. The highest BCUT2D eigenvalue weighted by atomic mass is 35.5. The molecule has 8 heteroatoms. The molecule has 7 nitrogen and oxygen atoms in total. The fourth-order valence-electron chi connectivity index (χ4n) is 2.94. The number of carbonyl (C=O) groups excluding carboxylic acids is 1. The molecule has 146 valence electrons. The van der Waals surface area contributed by atoms with Gasteiger partial charge in [0.25, 0.3) is 5.91 Å². The lowest BCUT2D eigenvalue weighted by atomic mass is 10.1. The van der Waals surface area contributed by atoms with Gasteiger partial charge in [-0.3, -0.25) is 14.5 Å². The van der Waals surface area contributed by atoms with E-state index in [0.29, 0.717) is 36.6 Å². The summed E-state index contributed by atoms with van der Waals surface area (Å²) in [5, 5.41) is 8.65. The van der Waals surface area contributed by atoms with Gasteiger partial charge in [-0.15, -0.1) is 12.4 Å². The number of amides is 1.